The maximum atomic E-state index is 8.55. The SMILES string of the molecule is CCCCCCCCOc1ccc([C@H]2CC[C@@H]3O[C@H](c4ccc(N=[N+]=[N-])cc4)OC[C@H]3O2)cc1. The summed E-state index contributed by atoms with van der Waals surface area (Å²) >= 11 is 0. The number of ether oxygens (including phenoxy) is 4. The number of nitrogens with zero attached hydrogens (tertiary/aromatic N) is 3. The largest absolute Gasteiger partial charge is 0.494 e. The van der Waals surface area contributed by atoms with Crippen LogP contribution in [0.2, 0.25) is 0 Å². The monoisotopic (exact) mass is 465 g/mol. The van der Waals surface area contributed by atoms with Crippen LogP contribution in [0.3, 0.4) is 0 Å². The molecule has 7 nitrogen and oxygen atoms in total. The zero-order valence-corrected chi connectivity index (χ0v) is 20.0. The number of azide groups is 1. The zero-order chi connectivity index (χ0) is 23.6. The highest BCUT2D eigenvalue weighted by Gasteiger charge is 2.38. The molecule has 2 aliphatic heterocycles. The van der Waals surface area contributed by atoms with Crippen LogP contribution in [0.15, 0.2) is 53.6 Å². The van der Waals surface area contributed by atoms with Crippen molar-refractivity contribution < 1.29 is 18.9 Å². The molecule has 4 rings (SSSR count). The number of unbranched alkanes of at least 4 members (excludes halogenated alkanes) is 5. The lowest BCUT2D eigenvalue weighted by Gasteiger charge is -2.42. The van der Waals surface area contributed by atoms with Gasteiger partial charge in [0, 0.05) is 16.2 Å². The van der Waals surface area contributed by atoms with Gasteiger partial charge in [-0.3, -0.25) is 0 Å². The van der Waals surface area contributed by atoms with E-state index in [1.807, 2.05) is 24.3 Å². The summed E-state index contributed by atoms with van der Waals surface area (Å²) in [7, 11) is 0. The lowest BCUT2D eigenvalue weighted by molar-refractivity contribution is -0.289. The molecule has 2 aromatic rings. The number of fused-ring (bicyclic) bond motifs is 1. The van der Waals surface area contributed by atoms with E-state index in [0.717, 1.165) is 37.2 Å². The van der Waals surface area contributed by atoms with E-state index in [4.69, 9.17) is 24.5 Å². The average Bonchev–Trinajstić information content (AvgIpc) is 2.88. The van der Waals surface area contributed by atoms with Crippen molar-refractivity contribution in [2.45, 2.75) is 82.9 Å². The Balaban J connectivity index is 1.22. The van der Waals surface area contributed by atoms with Gasteiger partial charge < -0.3 is 18.9 Å². The maximum absolute atomic E-state index is 8.55. The van der Waals surface area contributed by atoms with Crippen molar-refractivity contribution in [3.8, 4) is 5.75 Å². The summed E-state index contributed by atoms with van der Waals surface area (Å²) in [4.78, 5) is 2.81. The maximum Gasteiger partial charge on any atom is 0.184 e. The van der Waals surface area contributed by atoms with Crippen LogP contribution in [-0.2, 0) is 14.2 Å². The standard InChI is InChI=1S/C27H35N3O4/c1-2-3-4-5-6-7-18-31-23-14-10-20(11-15-23)24-16-17-25-26(33-24)19-32-27(34-25)21-8-12-22(13-9-21)29-30-28/h8-15,24-27H,2-7,16-19H2,1H3/t24-,25+,26-,27-/m1/s1. The Morgan fingerprint density at radius 3 is 2.38 bits per heavy atom. The molecule has 2 heterocycles. The summed E-state index contributed by atoms with van der Waals surface area (Å²) in [5.74, 6) is 0.921. The van der Waals surface area contributed by atoms with Gasteiger partial charge in [0.1, 0.15) is 11.9 Å². The van der Waals surface area contributed by atoms with Crippen LogP contribution < -0.4 is 4.74 Å². The molecule has 0 unspecified atom stereocenters. The fourth-order valence-electron chi connectivity index (χ4n) is 4.57. The van der Waals surface area contributed by atoms with Crippen LogP contribution in [0.4, 0.5) is 5.69 Å². The smallest absolute Gasteiger partial charge is 0.184 e. The zero-order valence-electron chi connectivity index (χ0n) is 20.0. The summed E-state index contributed by atoms with van der Waals surface area (Å²) in [6, 6.07) is 15.6. The summed E-state index contributed by atoms with van der Waals surface area (Å²) in [5.41, 5.74) is 11.2. The molecule has 7 heteroatoms. The lowest BCUT2D eigenvalue weighted by atomic mass is 9.95. The quantitative estimate of drug-likeness (QED) is 0.147. The highest BCUT2D eigenvalue weighted by molar-refractivity contribution is 5.39. The molecule has 182 valence electrons. The number of hydrogen-bond donors (Lipinski definition) is 0. The van der Waals surface area contributed by atoms with Crippen LogP contribution in [0.5, 0.6) is 5.75 Å². The van der Waals surface area contributed by atoms with E-state index in [1.54, 1.807) is 12.1 Å². The molecule has 2 saturated heterocycles. The van der Waals surface area contributed by atoms with Crippen LogP contribution in [0.25, 0.3) is 10.4 Å². The molecule has 0 aromatic heterocycles. The molecular weight excluding hydrogens is 430 g/mol. The first-order valence-electron chi connectivity index (χ1n) is 12.6. The van der Waals surface area contributed by atoms with E-state index in [1.165, 1.54) is 37.7 Å². The van der Waals surface area contributed by atoms with Gasteiger partial charge in [-0.2, -0.15) is 0 Å². The van der Waals surface area contributed by atoms with Gasteiger partial charge in [-0.25, -0.2) is 0 Å². The van der Waals surface area contributed by atoms with Gasteiger partial charge in [0.25, 0.3) is 0 Å². The second kappa shape index (κ2) is 12.8. The van der Waals surface area contributed by atoms with Crippen molar-refractivity contribution >= 4 is 5.69 Å². The summed E-state index contributed by atoms with van der Waals surface area (Å²) in [5, 5.41) is 3.60. The van der Waals surface area contributed by atoms with E-state index in [2.05, 4.69) is 29.1 Å². The van der Waals surface area contributed by atoms with Crippen LogP contribution in [0, 0.1) is 0 Å². The molecule has 0 spiro atoms. The summed E-state index contributed by atoms with van der Waals surface area (Å²) < 4.78 is 24.4. The second-order valence-corrected chi connectivity index (χ2v) is 9.05. The van der Waals surface area contributed by atoms with Crippen LogP contribution in [0.1, 0.15) is 81.8 Å². The fourth-order valence-corrected chi connectivity index (χ4v) is 4.57. The first kappa shape index (κ1) is 24.6. The van der Waals surface area contributed by atoms with Crippen molar-refractivity contribution in [2.24, 2.45) is 5.11 Å². The van der Waals surface area contributed by atoms with Crippen LogP contribution >= 0.6 is 0 Å². The minimum atomic E-state index is -0.426. The Bertz CT molecular complexity index is 928. The minimum Gasteiger partial charge on any atom is -0.494 e. The Labute approximate surface area is 202 Å². The summed E-state index contributed by atoms with van der Waals surface area (Å²) in [6.07, 6.45) is 8.96. The first-order chi connectivity index (χ1) is 16.8. The number of hydrogen-bond acceptors (Lipinski definition) is 5. The molecule has 0 saturated carbocycles. The molecule has 2 fully saturated rings. The lowest BCUT2D eigenvalue weighted by Crippen LogP contribution is -2.45. The molecule has 0 radical (unpaired) electrons. The highest BCUT2D eigenvalue weighted by Crippen LogP contribution is 2.39. The molecule has 0 amide bonds. The third-order valence-electron chi connectivity index (χ3n) is 6.52. The predicted molar refractivity (Wildman–Crippen MR) is 131 cm³/mol. The molecule has 4 atom stereocenters. The van der Waals surface area contributed by atoms with Gasteiger partial charge >= 0.3 is 0 Å². The molecule has 0 aliphatic carbocycles. The van der Waals surface area contributed by atoms with E-state index in [9.17, 15) is 0 Å². The fraction of sp³-hybridized carbons (Fsp3) is 0.556. The third-order valence-corrected chi connectivity index (χ3v) is 6.52. The van der Waals surface area contributed by atoms with Gasteiger partial charge in [0.05, 0.1) is 25.4 Å². The van der Waals surface area contributed by atoms with E-state index >= 15 is 0 Å². The summed E-state index contributed by atoms with van der Waals surface area (Å²) in [6.45, 7) is 3.51. The third kappa shape index (κ3) is 6.73. The van der Waals surface area contributed by atoms with E-state index in [-0.39, 0.29) is 18.3 Å². The van der Waals surface area contributed by atoms with Crippen LogP contribution in [-0.4, -0.2) is 25.4 Å². The van der Waals surface area contributed by atoms with Gasteiger partial charge in [-0.15, -0.1) is 0 Å². The Kier molecular flexibility index (Phi) is 9.22. The molecule has 0 bridgehead atoms. The van der Waals surface area contributed by atoms with Gasteiger partial charge in [-0.05, 0) is 42.5 Å². The van der Waals surface area contributed by atoms with Crippen molar-refractivity contribution in [1.82, 2.24) is 0 Å². The topological polar surface area (TPSA) is 85.7 Å². The predicted octanol–water partition coefficient (Wildman–Crippen LogP) is 7.70. The van der Waals surface area contributed by atoms with Crippen molar-refractivity contribution in [3.63, 3.8) is 0 Å². The van der Waals surface area contributed by atoms with Gasteiger partial charge in [0.15, 0.2) is 6.29 Å². The van der Waals surface area contributed by atoms with Gasteiger partial charge in [0.2, 0.25) is 0 Å². The first-order valence-corrected chi connectivity index (χ1v) is 12.6. The average molecular weight is 466 g/mol. The number of benzene rings is 2. The van der Waals surface area contributed by atoms with Crippen molar-refractivity contribution in [3.05, 3.63) is 70.1 Å². The molecule has 2 aromatic carbocycles. The normalized spacial score (nSPS) is 24.1. The highest BCUT2D eigenvalue weighted by atomic mass is 16.7. The Morgan fingerprint density at radius 1 is 0.882 bits per heavy atom. The van der Waals surface area contributed by atoms with Crippen molar-refractivity contribution in [2.75, 3.05) is 13.2 Å². The van der Waals surface area contributed by atoms with Gasteiger partial charge in [-0.1, -0.05) is 80.5 Å². The molecular formula is C27H35N3O4. The Morgan fingerprint density at radius 2 is 1.62 bits per heavy atom. The molecule has 2 aliphatic rings. The van der Waals surface area contributed by atoms with Crippen molar-refractivity contribution in [1.29, 1.82) is 0 Å². The molecule has 0 N–H and O–H groups in total. The van der Waals surface area contributed by atoms with E-state index in [0.29, 0.717) is 12.3 Å². The van der Waals surface area contributed by atoms with E-state index < -0.39 is 6.29 Å². The Hall–Kier alpha value is -2.57. The second-order valence-electron chi connectivity index (χ2n) is 9.05. The minimum absolute atomic E-state index is 0.00624. The molecule has 34 heavy (non-hydrogen) atoms. The number of rotatable bonds is 11.